The number of pyridine rings is 1. The zero-order valence-electron chi connectivity index (χ0n) is 18.1. The number of hydroxylamine groups is 1. The molecule has 2 aromatic rings. The van der Waals surface area contributed by atoms with Gasteiger partial charge in [-0.05, 0) is 37.3 Å². The second-order valence-corrected chi connectivity index (χ2v) is 8.93. The minimum Gasteiger partial charge on any atom is -0.357 e. The smallest absolute Gasteiger partial charge is 0.244 e. The van der Waals surface area contributed by atoms with Gasteiger partial charge >= 0.3 is 0 Å². The first kappa shape index (κ1) is 21.7. The largest absolute Gasteiger partial charge is 0.357 e. The van der Waals surface area contributed by atoms with Gasteiger partial charge < -0.3 is 9.42 Å². The Bertz CT molecular complexity index is 826. The number of rotatable bonds is 9. The molecule has 3 heterocycles. The van der Waals surface area contributed by atoms with E-state index in [9.17, 15) is 4.79 Å². The van der Waals surface area contributed by atoms with E-state index in [4.69, 9.17) is 9.73 Å². The van der Waals surface area contributed by atoms with Crippen LogP contribution in [-0.4, -0.2) is 39.3 Å². The van der Waals surface area contributed by atoms with E-state index in [1.165, 1.54) is 51.4 Å². The third kappa shape index (κ3) is 5.81. The SMILES string of the molecule is O=C(C[C@@H](CCCC1CCCCC1)c1nc(-c2ccc(N3CCCC3)nc2)no1)NO. The molecule has 1 aliphatic carbocycles. The minimum absolute atomic E-state index is 0.134. The fraction of sp³-hybridized carbons (Fsp3) is 0.652. The molecule has 1 atom stereocenters. The first-order valence-electron chi connectivity index (χ1n) is 11.7. The van der Waals surface area contributed by atoms with Gasteiger partial charge in [-0.25, -0.2) is 10.5 Å². The second kappa shape index (κ2) is 10.7. The van der Waals surface area contributed by atoms with Crippen LogP contribution >= 0.6 is 0 Å². The van der Waals surface area contributed by atoms with Crippen molar-refractivity contribution in [3.05, 3.63) is 24.2 Å². The summed E-state index contributed by atoms with van der Waals surface area (Å²) in [7, 11) is 0. The normalized spacial score (nSPS) is 18.3. The van der Waals surface area contributed by atoms with Crippen LogP contribution in [0.15, 0.2) is 22.9 Å². The maximum absolute atomic E-state index is 11.8. The number of nitrogens with zero attached hydrogens (tertiary/aromatic N) is 4. The number of hydrogen-bond acceptors (Lipinski definition) is 7. The Labute approximate surface area is 183 Å². The van der Waals surface area contributed by atoms with Crippen LogP contribution in [0, 0.1) is 5.92 Å². The van der Waals surface area contributed by atoms with E-state index in [1.807, 2.05) is 12.1 Å². The van der Waals surface area contributed by atoms with Gasteiger partial charge in [0, 0.05) is 37.2 Å². The zero-order chi connectivity index (χ0) is 21.5. The standard InChI is InChI=1S/C23H33N5O3/c29-21(26-30)15-18(10-6-9-17-7-2-1-3-8-17)23-25-22(27-31-23)19-11-12-20(24-16-19)28-13-4-5-14-28/h11-12,16-18,30H,1-10,13-15H2,(H,26,29)/t18-/m1/s1. The van der Waals surface area contributed by atoms with E-state index in [0.29, 0.717) is 11.7 Å². The highest BCUT2D eigenvalue weighted by Gasteiger charge is 2.24. The Kier molecular flexibility index (Phi) is 7.51. The lowest BCUT2D eigenvalue weighted by Gasteiger charge is -2.22. The summed E-state index contributed by atoms with van der Waals surface area (Å²) >= 11 is 0. The summed E-state index contributed by atoms with van der Waals surface area (Å²) in [5.74, 6) is 2.07. The minimum atomic E-state index is -0.431. The molecular weight excluding hydrogens is 394 g/mol. The molecule has 0 bridgehead atoms. The Balaban J connectivity index is 1.40. The molecular formula is C23H33N5O3. The topological polar surface area (TPSA) is 104 Å². The van der Waals surface area contributed by atoms with Crippen LogP contribution in [0.4, 0.5) is 5.82 Å². The summed E-state index contributed by atoms with van der Waals surface area (Å²) in [5.41, 5.74) is 2.53. The van der Waals surface area contributed by atoms with Crippen LogP contribution in [0.2, 0.25) is 0 Å². The van der Waals surface area contributed by atoms with Gasteiger partial charge in [0.1, 0.15) is 5.82 Å². The maximum atomic E-state index is 11.8. The predicted octanol–water partition coefficient (Wildman–Crippen LogP) is 4.46. The lowest BCUT2D eigenvalue weighted by molar-refractivity contribution is -0.129. The van der Waals surface area contributed by atoms with Gasteiger partial charge in [-0.3, -0.25) is 10.0 Å². The van der Waals surface area contributed by atoms with Crippen molar-refractivity contribution >= 4 is 11.7 Å². The predicted molar refractivity (Wildman–Crippen MR) is 117 cm³/mol. The van der Waals surface area contributed by atoms with Gasteiger partial charge in [0.2, 0.25) is 17.6 Å². The van der Waals surface area contributed by atoms with Crippen LogP contribution in [0.25, 0.3) is 11.4 Å². The maximum Gasteiger partial charge on any atom is 0.244 e. The number of amides is 1. The van der Waals surface area contributed by atoms with Crippen molar-refractivity contribution < 1.29 is 14.5 Å². The summed E-state index contributed by atoms with van der Waals surface area (Å²) < 4.78 is 5.54. The van der Waals surface area contributed by atoms with E-state index in [2.05, 4.69) is 20.0 Å². The van der Waals surface area contributed by atoms with Crippen LogP contribution < -0.4 is 10.4 Å². The molecule has 1 saturated heterocycles. The molecule has 1 amide bonds. The summed E-state index contributed by atoms with van der Waals surface area (Å²) in [5, 5.41) is 13.1. The monoisotopic (exact) mass is 427 g/mol. The first-order valence-corrected chi connectivity index (χ1v) is 11.7. The Morgan fingerprint density at radius 2 is 2.00 bits per heavy atom. The van der Waals surface area contributed by atoms with Crippen LogP contribution in [0.1, 0.15) is 82.4 Å². The van der Waals surface area contributed by atoms with Gasteiger partial charge in [0.05, 0.1) is 0 Å². The highest BCUT2D eigenvalue weighted by atomic mass is 16.5. The lowest BCUT2D eigenvalue weighted by Crippen LogP contribution is -2.21. The van der Waals surface area contributed by atoms with Crippen LogP contribution in [0.3, 0.4) is 0 Å². The molecule has 0 aromatic carbocycles. The average Bonchev–Trinajstić information content (AvgIpc) is 3.52. The number of nitrogens with one attached hydrogen (secondary N) is 1. The number of carbonyl (C=O) groups excluding carboxylic acids is 1. The van der Waals surface area contributed by atoms with Crippen molar-refractivity contribution in [2.75, 3.05) is 18.0 Å². The Morgan fingerprint density at radius 3 is 2.71 bits per heavy atom. The fourth-order valence-corrected chi connectivity index (χ4v) is 4.88. The molecule has 1 aliphatic heterocycles. The summed E-state index contributed by atoms with van der Waals surface area (Å²) in [6.45, 7) is 2.10. The number of hydrogen-bond donors (Lipinski definition) is 2. The molecule has 0 unspecified atom stereocenters. The highest BCUT2D eigenvalue weighted by molar-refractivity contribution is 5.75. The van der Waals surface area contributed by atoms with E-state index in [0.717, 1.165) is 43.2 Å². The zero-order valence-corrected chi connectivity index (χ0v) is 18.1. The lowest BCUT2D eigenvalue weighted by atomic mass is 9.84. The molecule has 2 fully saturated rings. The number of anilines is 1. The molecule has 8 nitrogen and oxygen atoms in total. The van der Waals surface area contributed by atoms with Crippen LogP contribution in [0.5, 0.6) is 0 Å². The molecule has 0 spiro atoms. The third-order valence-corrected chi connectivity index (χ3v) is 6.67. The van der Waals surface area contributed by atoms with Crippen LogP contribution in [-0.2, 0) is 4.79 Å². The van der Waals surface area contributed by atoms with Gasteiger partial charge in [-0.15, -0.1) is 0 Å². The molecule has 4 rings (SSSR count). The van der Waals surface area contributed by atoms with Crippen molar-refractivity contribution in [3.8, 4) is 11.4 Å². The molecule has 31 heavy (non-hydrogen) atoms. The van der Waals surface area contributed by atoms with E-state index in [-0.39, 0.29) is 12.3 Å². The average molecular weight is 428 g/mol. The van der Waals surface area contributed by atoms with Crippen molar-refractivity contribution in [1.29, 1.82) is 0 Å². The molecule has 1 saturated carbocycles. The molecule has 2 aromatic heterocycles. The fourth-order valence-electron chi connectivity index (χ4n) is 4.88. The van der Waals surface area contributed by atoms with Gasteiger partial charge in [-0.1, -0.05) is 50.1 Å². The van der Waals surface area contributed by atoms with Crippen molar-refractivity contribution in [2.24, 2.45) is 5.92 Å². The van der Waals surface area contributed by atoms with E-state index >= 15 is 0 Å². The molecule has 8 heteroatoms. The van der Waals surface area contributed by atoms with Gasteiger partial charge in [-0.2, -0.15) is 4.98 Å². The van der Waals surface area contributed by atoms with Gasteiger partial charge in [0.15, 0.2) is 0 Å². The van der Waals surface area contributed by atoms with Crippen molar-refractivity contribution in [2.45, 2.75) is 76.5 Å². The number of carbonyl (C=O) groups is 1. The van der Waals surface area contributed by atoms with E-state index < -0.39 is 5.91 Å². The summed E-state index contributed by atoms with van der Waals surface area (Å²) in [6.07, 6.45) is 13.9. The first-order chi connectivity index (χ1) is 15.2. The molecule has 2 N–H and O–H groups in total. The van der Waals surface area contributed by atoms with Gasteiger partial charge in [0.25, 0.3) is 0 Å². The summed E-state index contributed by atoms with van der Waals surface area (Å²) in [6, 6.07) is 3.96. The quantitative estimate of drug-likeness (QED) is 0.450. The summed E-state index contributed by atoms with van der Waals surface area (Å²) in [4.78, 5) is 23.2. The Morgan fingerprint density at radius 1 is 1.19 bits per heavy atom. The van der Waals surface area contributed by atoms with E-state index in [1.54, 1.807) is 11.7 Å². The Hall–Kier alpha value is -2.48. The van der Waals surface area contributed by atoms with Crippen molar-refractivity contribution in [3.63, 3.8) is 0 Å². The molecule has 0 radical (unpaired) electrons. The number of aromatic nitrogens is 3. The molecule has 2 aliphatic rings. The highest BCUT2D eigenvalue weighted by Crippen LogP contribution is 2.32. The second-order valence-electron chi connectivity index (χ2n) is 8.93. The van der Waals surface area contributed by atoms with Crippen molar-refractivity contribution in [1.82, 2.24) is 20.6 Å². The third-order valence-electron chi connectivity index (χ3n) is 6.67. The molecule has 168 valence electrons.